The van der Waals surface area contributed by atoms with Gasteiger partial charge in [-0.15, -0.1) is 13.2 Å². The fourth-order valence-electron chi connectivity index (χ4n) is 2.07. The van der Waals surface area contributed by atoms with Crippen LogP contribution in [0, 0.1) is 0 Å². The van der Waals surface area contributed by atoms with Crippen LogP contribution in [0.2, 0.25) is 0 Å². The van der Waals surface area contributed by atoms with Crippen LogP contribution >= 0.6 is 0 Å². The van der Waals surface area contributed by atoms with Gasteiger partial charge in [0.15, 0.2) is 5.78 Å². The van der Waals surface area contributed by atoms with Crippen molar-refractivity contribution < 1.29 is 32.7 Å². The third kappa shape index (κ3) is 6.44. The third-order valence-corrected chi connectivity index (χ3v) is 3.28. The van der Waals surface area contributed by atoms with Crippen LogP contribution in [-0.2, 0) is 4.79 Å². The number of alkyl halides is 3. The van der Waals surface area contributed by atoms with Gasteiger partial charge in [-0.3, -0.25) is 14.8 Å². The van der Waals surface area contributed by atoms with Crippen LogP contribution in [0.3, 0.4) is 0 Å². The fourth-order valence-corrected chi connectivity index (χ4v) is 2.07. The lowest BCUT2D eigenvalue weighted by atomic mass is 10.1. The first-order chi connectivity index (χ1) is 12.8. The molecule has 2 N–H and O–H groups in total. The second-order valence-electron chi connectivity index (χ2n) is 5.22. The lowest BCUT2D eigenvalue weighted by Gasteiger charge is -2.11. The van der Waals surface area contributed by atoms with E-state index in [4.69, 9.17) is 5.21 Å². The highest BCUT2D eigenvalue weighted by Gasteiger charge is 2.32. The highest BCUT2D eigenvalue weighted by atomic mass is 19.4. The van der Waals surface area contributed by atoms with Gasteiger partial charge in [0.1, 0.15) is 5.75 Å². The molecule has 5 nitrogen and oxygen atoms in total. The van der Waals surface area contributed by atoms with Gasteiger partial charge in [-0.2, -0.15) is 0 Å². The van der Waals surface area contributed by atoms with Crippen LogP contribution in [0.15, 0.2) is 60.7 Å². The number of allylic oxidation sites excluding steroid dienone is 1. The van der Waals surface area contributed by atoms with Crippen LogP contribution in [0.25, 0.3) is 12.2 Å². The number of hydroxylamine groups is 1. The number of carbonyl (C=O) groups excluding carboxylic acids is 2. The molecule has 0 saturated carbocycles. The van der Waals surface area contributed by atoms with Gasteiger partial charge in [0, 0.05) is 6.08 Å². The van der Waals surface area contributed by atoms with Gasteiger partial charge in [0.2, 0.25) is 0 Å². The summed E-state index contributed by atoms with van der Waals surface area (Å²) < 4.78 is 41.1. The summed E-state index contributed by atoms with van der Waals surface area (Å²) in [7, 11) is 0. The third-order valence-electron chi connectivity index (χ3n) is 3.28. The molecule has 0 aliphatic heterocycles. The molecule has 140 valence electrons. The highest BCUT2D eigenvalue weighted by Crippen LogP contribution is 2.26. The number of hydrogen-bond acceptors (Lipinski definition) is 4. The summed E-state index contributed by atoms with van der Waals surface area (Å²) in [6, 6.07) is 11.7. The topological polar surface area (TPSA) is 75.6 Å². The van der Waals surface area contributed by atoms with Crippen molar-refractivity contribution in [2.75, 3.05) is 0 Å². The molecule has 27 heavy (non-hydrogen) atoms. The molecule has 0 aliphatic carbocycles. The summed E-state index contributed by atoms with van der Waals surface area (Å²) in [5, 5.41) is 8.39. The van der Waals surface area contributed by atoms with Crippen molar-refractivity contribution in [3.05, 3.63) is 77.4 Å². The van der Waals surface area contributed by atoms with Gasteiger partial charge in [-0.25, -0.2) is 5.48 Å². The van der Waals surface area contributed by atoms with Gasteiger partial charge in [-0.05, 0) is 35.4 Å². The van der Waals surface area contributed by atoms with E-state index in [-0.39, 0.29) is 5.56 Å². The number of carbonyl (C=O) groups is 2. The largest absolute Gasteiger partial charge is 0.573 e. The van der Waals surface area contributed by atoms with E-state index in [2.05, 4.69) is 4.74 Å². The summed E-state index contributed by atoms with van der Waals surface area (Å²) in [4.78, 5) is 23.1. The van der Waals surface area contributed by atoms with Crippen LogP contribution in [-0.4, -0.2) is 23.3 Å². The second kappa shape index (κ2) is 8.81. The van der Waals surface area contributed by atoms with Crippen molar-refractivity contribution in [1.29, 1.82) is 0 Å². The minimum Gasteiger partial charge on any atom is -0.405 e. The lowest BCUT2D eigenvalue weighted by molar-refractivity contribution is -0.274. The van der Waals surface area contributed by atoms with Gasteiger partial charge in [0.25, 0.3) is 5.91 Å². The molecule has 8 heteroatoms. The van der Waals surface area contributed by atoms with Crippen molar-refractivity contribution in [2.24, 2.45) is 0 Å². The number of benzene rings is 2. The Bertz CT molecular complexity index is 871. The minimum atomic E-state index is -4.89. The summed E-state index contributed by atoms with van der Waals surface area (Å²) in [6.07, 6.45) is 0.292. The first-order valence-corrected chi connectivity index (χ1v) is 7.58. The van der Waals surface area contributed by atoms with Crippen LogP contribution in [0.4, 0.5) is 13.2 Å². The number of ketones is 1. The average Bonchev–Trinajstić information content (AvgIpc) is 2.64. The Morgan fingerprint density at radius 1 is 0.926 bits per heavy atom. The molecule has 0 spiro atoms. The molecule has 1 amide bonds. The molecule has 0 bridgehead atoms. The zero-order chi connectivity index (χ0) is 19.9. The smallest absolute Gasteiger partial charge is 0.405 e. The molecule has 0 radical (unpaired) electrons. The molecule has 0 saturated heterocycles. The Labute approximate surface area is 152 Å². The molecule has 0 unspecified atom stereocenters. The van der Waals surface area contributed by atoms with Gasteiger partial charge in [-0.1, -0.05) is 42.5 Å². The highest BCUT2D eigenvalue weighted by molar-refractivity contribution is 6.08. The number of nitrogens with one attached hydrogen (secondary N) is 1. The number of para-hydroxylation sites is 1. The molecule has 2 rings (SSSR count). The maximum Gasteiger partial charge on any atom is 0.573 e. The zero-order valence-electron chi connectivity index (χ0n) is 13.7. The molecular formula is C19H14F3NO4. The summed E-state index contributed by atoms with van der Waals surface area (Å²) in [5.74, 6) is -1.88. The lowest BCUT2D eigenvalue weighted by Crippen LogP contribution is -2.18. The molecule has 0 heterocycles. The number of amides is 1. The quantitative estimate of drug-likeness (QED) is 0.345. The van der Waals surface area contributed by atoms with Crippen molar-refractivity contribution in [3.63, 3.8) is 0 Å². The Morgan fingerprint density at radius 2 is 1.48 bits per heavy atom. The molecule has 0 atom stereocenters. The van der Waals surface area contributed by atoms with E-state index >= 15 is 0 Å². The first kappa shape index (κ1) is 19.9. The SMILES string of the molecule is O=C(/C=C/c1ccc(/C=C/C(=O)c2ccccc2OC(F)(F)F)cc1)NO. The molecule has 0 aromatic heterocycles. The standard InChI is InChI=1S/C19H14F3NO4/c20-19(21,22)27-17-4-2-1-3-15(17)16(24)11-9-13-5-7-14(8-6-13)10-12-18(25)23-26/h1-12,26H,(H,23,25)/b11-9+,12-10+. The first-order valence-electron chi connectivity index (χ1n) is 7.58. The van der Waals surface area contributed by atoms with Gasteiger partial charge >= 0.3 is 6.36 Å². The maximum atomic E-state index is 12.4. The van der Waals surface area contributed by atoms with E-state index in [1.54, 1.807) is 24.3 Å². The number of halogens is 3. The Hall–Kier alpha value is -3.39. The minimum absolute atomic E-state index is 0.208. The monoisotopic (exact) mass is 377 g/mol. The summed E-state index contributed by atoms with van der Waals surface area (Å²) in [5.41, 5.74) is 2.55. The van der Waals surface area contributed by atoms with Gasteiger partial charge < -0.3 is 4.74 Å². The number of hydrogen-bond donors (Lipinski definition) is 2. The van der Waals surface area contributed by atoms with E-state index in [1.165, 1.54) is 35.8 Å². The van der Waals surface area contributed by atoms with Crippen LogP contribution in [0.5, 0.6) is 5.75 Å². The summed E-state index contributed by atoms with van der Waals surface area (Å²) in [6.45, 7) is 0. The van der Waals surface area contributed by atoms with Gasteiger partial charge in [0.05, 0.1) is 5.56 Å². The van der Waals surface area contributed by atoms with Crippen LogP contribution in [0.1, 0.15) is 21.5 Å². The van der Waals surface area contributed by atoms with E-state index in [0.717, 1.165) is 18.2 Å². The fraction of sp³-hybridized carbons (Fsp3) is 0.0526. The van der Waals surface area contributed by atoms with E-state index in [0.29, 0.717) is 11.1 Å². The van der Waals surface area contributed by atoms with E-state index < -0.39 is 23.8 Å². The molecule has 2 aromatic rings. The number of rotatable bonds is 6. The normalized spacial score (nSPS) is 11.7. The van der Waals surface area contributed by atoms with E-state index in [9.17, 15) is 22.8 Å². The Morgan fingerprint density at radius 3 is 2.04 bits per heavy atom. The molecule has 0 fully saturated rings. The van der Waals surface area contributed by atoms with E-state index in [1.807, 2.05) is 0 Å². The molecular weight excluding hydrogens is 363 g/mol. The zero-order valence-corrected chi connectivity index (χ0v) is 13.7. The van der Waals surface area contributed by atoms with Crippen molar-refractivity contribution in [3.8, 4) is 5.75 Å². The average molecular weight is 377 g/mol. The Balaban J connectivity index is 2.11. The van der Waals surface area contributed by atoms with Crippen molar-refractivity contribution in [2.45, 2.75) is 6.36 Å². The summed E-state index contributed by atoms with van der Waals surface area (Å²) >= 11 is 0. The predicted octanol–water partition coefficient (Wildman–Crippen LogP) is 4.00. The molecule has 2 aromatic carbocycles. The maximum absolute atomic E-state index is 12.4. The van der Waals surface area contributed by atoms with Crippen LogP contribution < -0.4 is 10.2 Å². The van der Waals surface area contributed by atoms with Crippen molar-refractivity contribution >= 4 is 23.8 Å². The van der Waals surface area contributed by atoms with Crippen molar-refractivity contribution in [1.82, 2.24) is 5.48 Å². The molecule has 0 aliphatic rings. The number of ether oxygens (including phenoxy) is 1. The predicted molar refractivity (Wildman–Crippen MR) is 91.9 cm³/mol. The second-order valence-corrected chi connectivity index (χ2v) is 5.22. The Kier molecular flexibility index (Phi) is 6.51.